The zero-order valence-electron chi connectivity index (χ0n) is 11.2. The lowest BCUT2D eigenvalue weighted by molar-refractivity contribution is 0.468. The van der Waals surface area contributed by atoms with Crippen molar-refractivity contribution >= 4 is 0 Å². The summed E-state index contributed by atoms with van der Waals surface area (Å²) in [6, 6.07) is 4.10. The topological polar surface area (TPSA) is 20.2 Å². The van der Waals surface area contributed by atoms with E-state index in [1.54, 1.807) is 0 Å². The summed E-state index contributed by atoms with van der Waals surface area (Å²) in [7, 11) is 0. The van der Waals surface area contributed by atoms with Gasteiger partial charge in [-0.2, -0.15) is 0 Å². The quantitative estimate of drug-likeness (QED) is 0.810. The minimum atomic E-state index is 0.433. The minimum Gasteiger partial charge on any atom is -0.508 e. The van der Waals surface area contributed by atoms with Gasteiger partial charge in [-0.1, -0.05) is 33.8 Å². The second kappa shape index (κ2) is 5.38. The lowest BCUT2D eigenvalue weighted by Gasteiger charge is -2.15. The summed E-state index contributed by atoms with van der Waals surface area (Å²) in [5.74, 6) is 1.73. The molecular weight excluding hydrogens is 196 g/mol. The standard InChI is InChI=1S/C15H24O/c1-10(2)6-13-8-12(5)15(16)9-14(13)7-11(3)4/h8-11,16H,6-7H2,1-5H3. The Balaban J connectivity index is 3.06. The number of hydrogen-bond donors (Lipinski definition) is 1. The van der Waals surface area contributed by atoms with Crippen molar-refractivity contribution in [1.82, 2.24) is 0 Å². The van der Waals surface area contributed by atoms with Crippen LogP contribution in [0.1, 0.15) is 44.4 Å². The van der Waals surface area contributed by atoms with E-state index in [9.17, 15) is 5.11 Å². The molecule has 1 heteroatoms. The third-order valence-electron chi connectivity index (χ3n) is 2.77. The summed E-state index contributed by atoms with van der Waals surface area (Å²) in [6.45, 7) is 10.9. The van der Waals surface area contributed by atoms with Gasteiger partial charge in [0, 0.05) is 0 Å². The molecule has 1 aromatic carbocycles. The summed E-state index contributed by atoms with van der Waals surface area (Å²) in [4.78, 5) is 0. The fraction of sp³-hybridized carbons (Fsp3) is 0.600. The van der Waals surface area contributed by atoms with Crippen LogP contribution in [0, 0.1) is 18.8 Å². The first kappa shape index (κ1) is 13.1. The maximum atomic E-state index is 9.77. The Morgan fingerprint density at radius 3 is 1.81 bits per heavy atom. The van der Waals surface area contributed by atoms with Gasteiger partial charge in [0.15, 0.2) is 0 Å². The molecule has 0 unspecified atom stereocenters. The molecule has 0 aliphatic rings. The molecule has 0 bridgehead atoms. The lowest BCUT2D eigenvalue weighted by atomic mass is 9.91. The second-order valence-electron chi connectivity index (χ2n) is 5.60. The molecule has 0 atom stereocenters. The van der Waals surface area contributed by atoms with Crippen LogP contribution in [0.25, 0.3) is 0 Å². The molecule has 0 aliphatic carbocycles. The van der Waals surface area contributed by atoms with Crippen molar-refractivity contribution in [2.24, 2.45) is 11.8 Å². The van der Waals surface area contributed by atoms with Gasteiger partial charge in [-0.3, -0.25) is 0 Å². The number of benzene rings is 1. The van der Waals surface area contributed by atoms with Crippen LogP contribution in [-0.2, 0) is 12.8 Å². The Morgan fingerprint density at radius 1 is 0.938 bits per heavy atom. The average Bonchev–Trinajstić information content (AvgIpc) is 2.11. The first-order chi connectivity index (χ1) is 7.40. The molecule has 1 nitrogen and oxygen atoms in total. The fourth-order valence-corrected chi connectivity index (χ4v) is 2.06. The summed E-state index contributed by atoms with van der Waals surface area (Å²) in [6.07, 6.45) is 2.15. The van der Waals surface area contributed by atoms with Crippen molar-refractivity contribution in [2.75, 3.05) is 0 Å². The summed E-state index contributed by atoms with van der Waals surface area (Å²) in [5, 5.41) is 9.77. The molecule has 0 heterocycles. The van der Waals surface area contributed by atoms with E-state index >= 15 is 0 Å². The molecule has 16 heavy (non-hydrogen) atoms. The smallest absolute Gasteiger partial charge is 0.118 e. The molecule has 0 aliphatic heterocycles. The van der Waals surface area contributed by atoms with E-state index in [1.807, 2.05) is 13.0 Å². The third kappa shape index (κ3) is 3.55. The van der Waals surface area contributed by atoms with E-state index in [1.165, 1.54) is 11.1 Å². The van der Waals surface area contributed by atoms with E-state index in [0.29, 0.717) is 17.6 Å². The Morgan fingerprint density at radius 2 is 1.38 bits per heavy atom. The van der Waals surface area contributed by atoms with Gasteiger partial charge < -0.3 is 5.11 Å². The van der Waals surface area contributed by atoms with Gasteiger partial charge in [0.05, 0.1) is 0 Å². The molecule has 0 spiro atoms. The third-order valence-corrected chi connectivity index (χ3v) is 2.77. The summed E-state index contributed by atoms with van der Waals surface area (Å²) >= 11 is 0. The van der Waals surface area contributed by atoms with E-state index in [-0.39, 0.29) is 0 Å². The number of phenolic OH excluding ortho intramolecular Hbond substituents is 1. The van der Waals surface area contributed by atoms with Gasteiger partial charge in [-0.25, -0.2) is 0 Å². The van der Waals surface area contributed by atoms with Crippen LogP contribution in [0.15, 0.2) is 12.1 Å². The van der Waals surface area contributed by atoms with E-state index in [2.05, 4.69) is 33.8 Å². The molecule has 1 N–H and O–H groups in total. The molecule has 0 radical (unpaired) electrons. The highest BCUT2D eigenvalue weighted by atomic mass is 16.3. The van der Waals surface area contributed by atoms with Crippen LogP contribution in [-0.4, -0.2) is 5.11 Å². The molecule has 0 amide bonds. The van der Waals surface area contributed by atoms with Crippen LogP contribution in [0.5, 0.6) is 5.75 Å². The molecule has 0 aromatic heterocycles. The molecule has 0 saturated heterocycles. The van der Waals surface area contributed by atoms with E-state index < -0.39 is 0 Å². The first-order valence-corrected chi connectivity index (χ1v) is 6.21. The van der Waals surface area contributed by atoms with Crippen molar-refractivity contribution in [3.63, 3.8) is 0 Å². The predicted octanol–water partition coefficient (Wildman–Crippen LogP) is 4.10. The van der Waals surface area contributed by atoms with Gasteiger partial charge in [0.2, 0.25) is 0 Å². The van der Waals surface area contributed by atoms with Crippen molar-refractivity contribution < 1.29 is 5.11 Å². The molecule has 0 saturated carbocycles. The van der Waals surface area contributed by atoms with Crippen molar-refractivity contribution in [3.8, 4) is 5.75 Å². The highest BCUT2D eigenvalue weighted by Gasteiger charge is 2.09. The number of aryl methyl sites for hydroxylation is 1. The first-order valence-electron chi connectivity index (χ1n) is 6.21. The zero-order chi connectivity index (χ0) is 12.3. The number of aromatic hydroxyl groups is 1. The SMILES string of the molecule is Cc1cc(CC(C)C)c(CC(C)C)cc1O. The lowest BCUT2D eigenvalue weighted by Crippen LogP contribution is -2.03. The van der Waals surface area contributed by atoms with Crippen molar-refractivity contribution in [3.05, 3.63) is 28.8 Å². The van der Waals surface area contributed by atoms with Crippen LogP contribution in [0.3, 0.4) is 0 Å². The molecule has 0 fully saturated rings. The Hall–Kier alpha value is -0.980. The van der Waals surface area contributed by atoms with E-state index in [4.69, 9.17) is 0 Å². The maximum absolute atomic E-state index is 9.77. The second-order valence-corrected chi connectivity index (χ2v) is 5.60. The van der Waals surface area contributed by atoms with Gasteiger partial charge in [-0.05, 0) is 54.4 Å². The number of hydrogen-bond acceptors (Lipinski definition) is 1. The largest absolute Gasteiger partial charge is 0.508 e. The molecular formula is C15H24O. The van der Waals surface area contributed by atoms with Crippen LogP contribution < -0.4 is 0 Å². The molecule has 1 aromatic rings. The van der Waals surface area contributed by atoms with Gasteiger partial charge >= 0.3 is 0 Å². The molecule has 1 rings (SSSR count). The monoisotopic (exact) mass is 220 g/mol. The van der Waals surface area contributed by atoms with E-state index in [0.717, 1.165) is 18.4 Å². The van der Waals surface area contributed by atoms with Crippen LogP contribution in [0.4, 0.5) is 0 Å². The van der Waals surface area contributed by atoms with Crippen LogP contribution >= 0.6 is 0 Å². The summed E-state index contributed by atoms with van der Waals surface area (Å²) < 4.78 is 0. The highest BCUT2D eigenvalue weighted by Crippen LogP contribution is 2.25. The fourth-order valence-electron chi connectivity index (χ4n) is 2.06. The Labute approximate surface area is 99.5 Å². The van der Waals surface area contributed by atoms with Gasteiger partial charge in [0.25, 0.3) is 0 Å². The van der Waals surface area contributed by atoms with Gasteiger partial charge in [0.1, 0.15) is 5.75 Å². The molecule has 90 valence electrons. The van der Waals surface area contributed by atoms with Crippen molar-refractivity contribution in [2.45, 2.75) is 47.5 Å². The predicted molar refractivity (Wildman–Crippen MR) is 69.9 cm³/mol. The normalized spacial score (nSPS) is 11.4. The zero-order valence-corrected chi connectivity index (χ0v) is 11.2. The number of phenols is 1. The van der Waals surface area contributed by atoms with Crippen molar-refractivity contribution in [1.29, 1.82) is 0 Å². The Kier molecular flexibility index (Phi) is 4.40. The maximum Gasteiger partial charge on any atom is 0.118 e. The highest BCUT2D eigenvalue weighted by molar-refractivity contribution is 5.41. The minimum absolute atomic E-state index is 0.433. The van der Waals surface area contributed by atoms with Crippen LogP contribution in [0.2, 0.25) is 0 Å². The van der Waals surface area contributed by atoms with Gasteiger partial charge in [-0.15, -0.1) is 0 Å². The number of rotatable bonds is 4. The average molecular weight is 220 g/mol. The summed E-state index contributed by atoms with van der Waals surface area (Å²) in [5.41, 5.74) is 3.70. The Bertz CT molecular complexity index is 316.